The molecule has 1 amide bonds. The van der Waals surface area contributed by atoms with Gasteiger partial charge in [-0.05, 0) is 25.8 Å². The summed E-state index contributed by atoms with van der Waals surface area (Å²) in [6.07, 6.45) is 4.23. The van der Waals surface area contributed by atoms with E-state index in [1.54, 1.807) is 6.20 Å². The molecule has 2 aromatic heterocycles. The Labute approximate surface area is 176 Å². The second-order valence-corrected chi connectivity index (χ2v) is 7.88. The zero-order valence-electron chi connectivity index (χ0n) is 17.9. The molecule has 0 atom stereocenters. The SMILES string of the molecule is CCCn1nc(CCNC(=O)c2cn[nH]c2-c2ccc(C)cc2C)c2c1CCOC2. The molecule has 7 heteroatoms. The second kappa shape index (κ2) is 8.83. The van der Waals surface area contributed by atoms with Gasteiger partial charge in [0.15, 0.2) is 0 Å². The molecule has 0 bridgehead atoms. The fourth-order valence-corrected chi connectivity index (χ4v) is 4.12. The van der Waals surface area contributed by atoms with E-state index in [9.17, 15) is 4.79 Å². The first-order valence-corrected chi connectivity index (χ1v) is 10.6. The van der Waals surface area contributed by atoms with Crippen molar-refractivity contribution in [1.82, 2.24) is 25.3 Å². The Bertz CT molecular complexity index is 1050. The van der Waals surface area contributed by atoms with E-state index >= 15 is 0 Å². The normalized spacial score (nSPS) is 13.3. The summed E-state index contributed by atoms with van der Waals surface area (Å²) in [6, 6.07) is 6.18. The number of benzene rings is 1. The Balaban J connectivity index is 1.45. The number of rotatable bonds is 7. The molecular weight excluding hydrogens is 378 g/mol. The predicted molar refractivity (Wildman–Crippen MR) is 115 cm³/mol. The number of aromatic nitrogens is 4. The van der Waals surface area contributed by atoms with Gasteiger partial charge in [0.1, 0.15) is 0 Å². The summed E-state index contributed by atoms with van der Waals surface area (Å²) >= 11 is 0. The number of fused-ring (bicyclic) bond motifs is 1. The fourth-order valence-electron chi connectivity index (χ4n) is 4.12. The van der Waals surface area contributed by atoms with Crippen LogP contribution in [0.3, 0.4) is 0 Å². The number of nitrogens with zero attached hydrogens (tertiary/aromatic N) is 3. The van der Waals surface area contributed by atoms with Gasteiger partial charge in [-0.25, -0.2) is 0 Å². The number of amides is 1. The standard InChI is InChI=1S/C23H29N5O2/c1-4-10-28-21-8-11-30-14-19(21)20(27-28)7-9-24-23(29)18-13-25-26-22(18)17-6-5-15(2)12-16(17)3/h5-6,12-13H,4,7-11,14H2,1-3H3,(H,24,29)(H,25,26). The monoisotopic (exact) mass is 407 g/mol. The molecule has 1 aliphatic heterocycles. The molecule has 1 aliphatic rings. The van der Waals surface area contributed by atoms with Gasteiger partial charge in [0.2, 0.25) is 0 Å². The topological polar surface area (TPSA) is 84.8 Å². The first-order chi connectivity index (χ1) is 14.6. The quantitative estimate of drug-likeness (QED) is 0.629. The number of aromatic amines is 1. The van der Waals surface area contributed by atoms with Crippen LogP contribution in [-0.2, 0) is 30.7 Å². The largest absolute Gasteiger partial charge is 0.376 e. The first kappa shape index (κ1) is 20.3. The molecule has 0 unspecified atom stereocenters. The number of carbonyl (C=O) groups is 1. The highest BCUT2D eigenvalue weighted by Crippen LogP contribution is 2.26. The van der Waals surface area contributed by atoms with Crippen molar-refractivity contribution in [2.45, 2.75) is 53.2 Å². The minimum absolute atomic E-state index is 0.128. The van der Waals surface area contributed by atoms with Crippen molar-refractivity contribution >= 4 is 5.91 Å². The number of nitrogens with one attached hydrogen (secondary N) is 2. The molecule has 3 aromatic rings. The van der Waals surface area contributed by atoms with Gasteiger partial charge in [-0.3, -0.25) is 14.6 Å². The maximum Gasteiger partial charge on any atom is 0.255 e. The van der Waals surface area contributed by atoms with Crippen LogP contribution in [0.2, 0.25) is 0 Å². The van der Waals surface area contributed by atoms with Gasteiger partial charge in [0.25, 0.3) is 5.91 Å². The van der Waals surface area contributed by atoms with Crippen LogP contribution in [0, 0.1) is 13.8 Å². The second-order valence-electron chi connectivity index (χ2n) is 7.88. The molecule has 4 rings (SSSR count). The molecule has 3 heterocycles. The van der Waals surface area contributed by atoms with Gasteiger partial charge in [0, 0.05) is 42.8 Å². The molecule has 2 N–H and O–H groups in total. The van der Waals surface area contributed by atoms with Gasteiger partial charge in [-0.15, -0.1) is 0 Å². The van der Waals surface area contributed by atoms with Crippen molar-refractivity contribution in [3.63, 3.8) is 0 Å². The van der Waals surface area contributed by atoms with Gasteiger partial charge in [-0.2, -0.15) is 10.2 Å². The third-order valence-corrected chi connectivity index (χ3v) is 5.60. The Morgan fingerprint density at radius 1 is 1.33 bits per heavy atom. The Morgan fingerprint density at radius 2 is 2.20 bits per heavy atom. The number of hydrogen-bond acceptors (Lipinski definition) is 4. The van der Waals surface area contributed by atoms with Crippen LogP contribution in [0.25, 0.3) is 11.3 Å². The van der Waals surface area contributed by atoms with E-state index in [4.69, 9.17) is 9.84 Å². The highest BCUT2D eigenvalue weighted by Gasteiger charge is 2.21. The third kappa shape index (κ3) is 4.03. The van der Waals surface area contributed by atoms with Gasteiger partial charge in [-0.1, -0.05) is 30.7 Å². The van der Waals surface area contributed by atoms with Crippen molar-refractivity contribution in [2.75, 3.05) is 13.2 Å². The van der Waals surface area contributed by atoms with E-state index in [1.165, 1.54) is 16.8 Å². The summed E-state index contributed by atoms with van der Waals surface area (Å²) in [5.41, 5.74) is 8.12. The highest BCUT2D eigenvalue weighted by molar-refractivity contribution is 6.00. The summed E-state index contributed by atoms with van der Waals surface area (Å²) in [5, 5.41) is 14.9. The average molecular weight is 408 g/mol. The van der Waals surface area contributed by atoms with Crippen molar-refractivity contribution in [1.29, 1.82) is 0 Å². The lowest BCUT2D eigenvalue weighted by molar-refractivity contribution is 0.0954. The van der Waals surface area contributed by atoms with E-state index in [0.29, 0.717) is 25.1 Å². The Hall–Kier alpha value is -2.93. The van der Waals surface area contributed by atoms with E-state index in [2.05, 4.69) is 40.1 Å². The summed E-state index contributed by atoms with van der Waals surface area (Å²) in [5.74, 6) is -0.128. The molecule has 7 nitrogen and oxygen atoms in total. The molecule has 158 valence electrons. The maximum absolute atomic E-state index is 12.8. The van der Waals surface area contributed by atoms with Crippen LogP contribution >= 0.6 is 0 Å². The van der Waals surface area contributed by atoms with E-state index in [-0.39, 0.29) is 5.91 Å². The van der Waals surface area contributed by atoms with Gasteiger partial charge in [0.05, 0.1) is 36.4 Å². The van der Waals surface area contributed by atoms with Crippen molar-refractivity contribution < 1.29 is 9.53 Å². The fraction of sp³-hybridized carbons (Fsp3) is 0.435. The summed E-state index contributed by atoms with van der Waals surface area (Å²) in [6.45, 7) is 9.06. The zero-order chi connectivity index (χ0) is 21.1. The molecule has 0 spiro atoms. The molecule has 0 aliphatic carbocycles. The third-order valence-electron chi connectivity index (χ3n) is 5.60. The average Bonchev–Trinajstić information content (AvgIpc) is 3.34. The van der Waals surface area contributed by atoms with Crippen LogP contribution < -0.4 is 5.32 Å². The van der Waals surface area contributed by atoms with Crippen molar-refractivity contribution in [2.24, 2.45) is 0 Å². The number of ether oxygens (including phenoxy) is 1. The number of aryl methyl sites for hydroxylation is 3. The van der Waals surface area contributed by atoms with Crippen LogP contribution in [0.1, 0.15) is 51.8 Å². The Morgan fingerprint density at radius 3 is 3.00 bits per heavy atom. The van der Waals surface area contributed by atoms with Crippen molar-refractivity contribution in [3.05, 3.63) is 58.0 Å². The number of hydrogen-bond donors (Lipinski definition) is 2. The van der Waals surface area contributed by atoms with E-state index in [0.717, 1.165) is 48.5 Å². The number of carbonyl (C=O) groups excluding carboxylic acids is 1. The first-order valence-electron chi connectivity index (χ1n) is 10.6. The van der Waals surface area contributed by atoms with Gasteiger partial charge < -0.3 is 10.1 Å². The Kier molecular flexibility index (Phi) is 5.99. The van der Waals surface area contributed by atoms with Crippen LogP contribution in [-0.4, -0.2) is 39.0 Å². The highest BCUT2D eigenvalue weighted by atomic mass is 16.5. The molecule has 0 saturated carbocycles. The minimum Gasteiger partial charge on any atom is -0.376 e. The number of H-pyrrole nitrogens is 1. The molecule has 1 aromatic carbocycles. The van der Waals surface area contributed by atoms with Crippen molar-refractivity contribution in [3.8, 4) is 11.3 Å². The lowest BCUT2D eigenvalue weighted by atomic mass is 10.0. The minimum atomic E-state index is -0.128. The summed E-state index contributed by atoms with van der Waals surface area (Å²) in [7, 11) is 0. The summed E-state index contributed by atoms with van der Waals surface area (Å²) < 4.78 is 7.76. The lowest BCUT2D eigenvalue weighted by Gasteiger charge is -2.15. The molecule has 30 heavy (non-hydrogen) atoms. The van der Waals surface area contributed by atoms with Crippen LogP contribution in [0.5, 0.6) is 0 Å². The van der Waals surface area contributed by atoms with Crippen LogP contribution in [0.15, 0.2) is 24.4 Å². The molecule has 0 radical (unpaired) electrons. The van der Waals surface area contributed by atoms with Gasteiger partial charge >= 0.3 is 0 Å². The zero-order valence-corrected chi connectivity index (χ0v) is 17.9. The van der Waals surface area contributed by atoms with E-state index in [1.807, 2.05) is 19.1 Å². The molecule has 0 saturated heterocycles. The molecule has 0 fully saturated rings. The molecular formula is C23H29N5O2. The van der Waals surface area contributed by atoms with E-state index < -0.39 is 0 Å². The smallest absolute Gasteiger partial charge is 0.255 e. The lowest BCUT2D eigenvalue weighted by Crippen LogP contribution is -2.26. The predicted octanol–water partition coefficient (Wildman–Crippen LogP) is 3.35. The summed E-state index contributed by atoms with van der Waals surface area (Å²) in [4.78, 5) is 12.8. The maximum atomic E-state index is 12.8. The van der Waals surface area contributed by atoms with Crippen LogP contribution in [0.4, 0.5) is 0 Å².